The van der Waals surface area contributed by atoms with Crippen molar-refractivity contribution < 1.29 is 28.9 Å². The first-order valence-corrected chi connectivity index (χ1v) is 24.6. The lowest BCUT2D eigenvalue weighted by Gasteiger charge is -2.37. The van der Waals surface area contributed by atoms with Crippen molar-refractivity contribution in [3.63, 3.8) is 0 Å². The molecule has 2 aliphatic heterocycles. The number of rotatable bonds is 14. The molecule has 2 fully saturated rings. The van der Waals surface area contributed by atoms with Crippen molar-refractivity contribution in [2.75, 3.05) is 44.7 Å². The number of esters is 1. The Morgan fingerprint density at radius 3 is 1.62 bits per heavy atom. The summed E-state index contributed by atoms with van der Waals surface area (Å²) in [6.45, 7) is 21.3. The van der Waals surface area contributed by atoms with Gasteiger partial charge in [-0.15, -0.1) is 0 Å². The zero-order valence-corrected chi connectivity index (χ0v) is 40.3. The van der Waals surface area contributed by atoms with Gasteiger partial charge in [0.2, 0.25) is 0 Å². The van der Waals surface area contributed by atoms with Crippen LogP contribution in [-0.4, -0.2) is 78.8 Å². The molecule has 2 aliphatic carbocycles. The van der Waals surface area contributed by atoms with Crippen molar-refractivity contribution in [3.8, 4) is 11.5 Å². The van der Waals surface area contributed by atoms with Crippen LogP contribution >= 0.6 is 15.9 Å². The quantitative estimate of drug-likeness (QED) is 0.143. The average Bonchev–Trinajstić information content (AvgIpc) is 3.24. The Morgan fingerprint density at radius 2 is 1.23 bits per heavy atom. The van der Waals surface area contributed by atoms with E-state index < -0.39 is 5.97 Å². The van der Waals surface area contributed by atoms with E-state index in [1.165, 1.54) is 60.8 Å². The lowest BCUT2D eigenvalue weighted by Crippen LogP contribution is -2.30. The molecule has 0 aromatic heterocycles. The lowest BCUT2D eigenvalue weighted by atomic mass is 9.72. The van der Waals surface area contributed by atoms with Gasteiger partial charge in [0.15, 0.2) is 0 Å². The topological polar surface area (TPSA) is 97.3 Å². The number of nitrogens with zero attached hydrogens (tertiary/aromatic N) is 1. The fourth-order valence-electron chi connectivity index (χ4n) is 8.93. The molecule has 2 saturated carbocycles. The second-order valence-corrected chi connectivity index (χ2v) is 20.3. The van der Waals surface area contributed by atoms with Crippen LogP contribution in [0.25, 0.3) is 11.1 Å². The fraction of sp³-hybridized carbons (Fsp3) is 0.654. The summed E-state index contributed by atoms with van der Waals surface area (Å²) in [6, 6.07) is 17.3. The SMILES string of the molecule is CC(C)(C)C1CCC(Oc2ccc(C3=CCN(CCCC(=O)O)CC3)cc2)CC1.CC(C)(C)C1CCC(Oc2ccc(C3=CCNCC3)cc2)CC1.CCOC(=O)CCCBr. The van der Waals surface area contributed by atoms with Gasteiger partial charge in [-0.05, 0) is 166 Å². The van der Waals surface area contributed by atoms with E-state index in [1.807, 2.05) is 6.92 Å². The number of ether oxygens (including phenoxy) is 3. The second kappa shape index (κ2) is 25.8. The number of carboxylic acid groups (broad SMARTS) is 1. The summed E-state index contributed by atoms with van der Waals surface area (Å²) >= 11 is 3.22. The number of carboxylic acids is 1. The normalized spacial score (nSPS) is 22.2. The Labute approximate surface area is 377 Å². The number of aliphatic carboxylic acids is 1. The predicted molar refractivity (Wildman–Crippen MR) is 256 cm³/mol. The maximum absolute atomic E-state index is 10.6. The Hall–Kier alpha value is -3.14. The molecule has 2 aromatic rings. The van der Waals surface area contributed by atoms with Gasteiger partial charge in [0.25, 0.3) is 0 Å². The summed E-state index contributed by atoms with van der Waals surface area (Å²) in [6.07, 6.45) is 19.7. The van der Waals surface area contributed by atoms with Crippen LogP contribution in [-0.2, 0) is 14.3 Å². The maximum Gasteiger partial charge on any atom is 0.305 e. The molecule has 0 radical (unpaired) electrons. The van der Waals surface area contributed by atoms with Crippen LogP contribution in [0, 0.1) is 22.7 Å². The summed E-state index contributed by atoms with van der Waals surface area (Å²) < 4.78 is 17.2. The van der Waals surface area contributed by atoms with Crippen molar-refractivity contribution in [1.82, 2.24) is 10.2 Å². The van der Waals surface area contributed by atoms with E-state index in [0.717, 1.165) is 99.9 Å². The van der Waals surface area contributed by atoms with Gasteiger partial charge in [-0.2, -0.15) is 0 Å². The smallest absolute Gasteiger partial charge is 0.305 e. The molecular weight excluding hydrogens is 828 g/mol. The maximum atomic E-state index is 10.6. The zero-order valence-electron chi connectivity index (χ0n) is 38.7. The van der Waals surface area contributed by atoms with Crippen molar-refractivity contribution in [2.24, 2.45) is 22.7 Å². The number of nitrogens with one attached hydrogen (secondary N) is 1. The molecule has 340 valence electrons. The molecule has 61 heavy (non-hydrogen) atoms. The van der Waals surface area contributed by atoms with Crippen molar-refractivity contribution in [3.05, 3.63) is 71.8 Å². The Balaban J connectivity index is 0.000000228. The third-order valence-corrected chi connectivity index (χ3v) is 13.5. The Kier molecular flexibility index (Phi) is 21.4. The van der Waals surface area contributed by atoms with E-state index in [2.05, 4.69) is 133 Å². The molecule has 2 heterocycles. The molecule has 8 nitrogen and oxygen atoms in total. The Bertz CT molecular complexity index is 1640. The number of halogens is 1. The van der Waals surface area contributed by atoms with Gasteiger partial charge >= 0.3 is 11.9 Å². The minimum Gasteiger partial charge on any atom is -0.490 e. The van der Waals surface area contributed by atoms with Gasteiger partial charge in [-0.25, -0.2) is 0 Å². The summed E-state index contributed by atoms with van der Waals surface area (Å²) in [7, 11) is 0. The van der Waals surface area contributed by atoms with E-state index in [0.29, 0.717) is 36.1 Å². The van der Waals surface area contributed by atoms with Gasteiger partial charge in [0, 0.05) is 37.8 Å². The summed E-state index contributed by atoms with van der Waals surface area (Å²) in [4.78, 5) is 23.5. The highest BCUT2D eigenvalue weighted by molar-refractivity contribution is 9.09. The largest absolute Gasteiger partial charge is 0.490 e. The van der Waals surface area contributed by atoms with Crippen molar-refractivity contribution in [2.45, 2.75) is 151 Å². The minimum absolute atomic E-state index is 0.100. The molecule has 0 unspecified atom stereocenters. The number of carbonyl (C=O) groups excluding carboxylic acids is 1. The van der Waals surface area contributed by atoms with Crippen LogP contribution < -0.4 is 14.8 Å². The number of hydrogen-bond acceptors (Lipinski definition) is 7. The molecule has 0 spiro atoms. The van der Waals surface area contributed by atoms with Crippen molar-refractivity contribution in [1.29, 1.82) is 0 Å². The molecule has 4 aliphatic rings. The number of alkyl halides is 1. The van der Waals surface area contributed by atoms with Crippen LogP contribution in [0.3, 0.4) is 0 Å². The average molecular weight is 908 g/mol. The minimum atomic E-state index is -0.706. The van der Waals surface area contributed by atoms with Gasteiger partial charge in [0.05, 0.1) is 18.8 Å². The monoisotopic (exact) mass is 907 g/mol. The first kappa shape index (κ1) is 50.5. The van der Waals surface area contributed by atoms with Gasteiger partial charge in [0.1, 0.15) is 11.5 Å². The second-order valence-electron chi connectivity index (χ2n) is 19.5. The highest BCUT2D eigenvalue weighted by atomic mass is 79.9. The standard InChI is InChI=1S/C25H37NO3.C21H31NO.C6H11BrO2/c1-25(2,3)21-8-12-23(13-9-21)29-22-10-6-19(7-11-22)20-14-17-26(18-15-20)16-4-5-24(27)28;1-21(2,3)18-6-10-20(11-7-18)23-19-8-4-16(5-9-19)17-12-14-22-15-13-17;1-2-9-6(8)4-3-5-7/h6-7,10-11,14,21,23H,4-5,8-9,12-13,15-18H2,1-3H3,(H,27,28);4-5,8-9,12,18,20,22H,6-7,10-11,13-15H2,1-3H3;2-5H2,1H3. The van der Waals surface area contributed by atoms with Crippen LogP contribution in [0.15, 0.2) is 60.7 Å². The molecule has 0 atom stereocenters. The van der Waals surface area contributed by atoms with Crippen LogP contribution in [0.1, 0.15) is 149 Å². The van der Waals surface area contributed by atoms with Gasteiger partial charge in [-0.3, -0.25) is 14.5 Å². The van der Waals surface area contributed by atoms with Crippen molar-refractivity contribution >= 4 is 39.0 Å². The molecule has 0 saturated heterocycles. The van der Waals surface area contributed by atoms with E-state index >= 15 is 0 Å². The van der Waals surface area contributed by atoms with Gasteiger partial charge < -0.3 is 24.6 Å². The predicted octanol–water partition coefficient (Wildman–Crippen LogP) is 12.4. The lowest BCUT2D eigenvalue weighted by molar-refractivity contribution is -0.143. The van der Waals surface area contributed by atoms with E-state index in [4.69, 9.17) is 14.6 Å². The fourth-order valence-corrected chi connectivity index (χ4v) is 9.21. The number of benzene rings is 2. The molecule has 9 heteroatoms. The molecule has 0 amide bonds. The van der Waals surface area contributed by atoms with E-state index in [-0.39, 0.29) is 12.4 Å². The number of carbonyl (C=O) groups is 2. The third-order valence-electron chi connectivity index (χ3n) is 12.9. The molecule has 2 aromatic carbocycles. The van der Waals surface area contributed by atoms with E-state index in [1.54, 1.807) is 0 Å². The molecule has 6 rings (SSSR count). The highest BCUT2D eigenvalue weighted by Crippen LogP contribution is 2.40. The van der Waals surface area contributed by atoms with Crippen LogP contribution in [0.5, 0.6) is 11.5 Å². The molecule has 2 N–H and O–H groups in total. The Morgan fingerprint density at radius 1 is 0.721 bits per heavy atom. The first-order valence-electron chi connectivity index (χ1n) is 23.4. The number of hydrogen-bond donors (Lipinski definition) is 2. The molecule has 0 bridgehead atoms. The third kappa shape index (κ3) is 18.6. The highest BCUT2D eigenvalue weighted by Gasteiger charge is 2.31. The zero-order chi connectivity index (χ0) is 44.3. The van der Waals surface area contributed by atoms with Crippen LogP contribution in [0.2, 0.25) is 0 Å². The summed E-state index contributed by atoms with van der Waals surface area (Å²) in [5.74, 6) is 2.87. The van der Waals surface area contributed by atoms with Crippen LogP contribution in [0.4, 0.5) is 0 Å². The van der Waals surface area contributed by atoms with E-state index in [9.17, 15) is 9.59 Å². The first-order chi connectivity index (χ1) is 29.1. The van der Waals surface area contributed by atoms with Gasteiger partial charge in [-0.1, -0.05) is 93.9 Å². The summed E-state index contributed by atoms with van der Waals surface area (Å²) in [5.41, 5.74) is 6.31. The molecular formula is C52H79BrN2O6. The summed E-state index contributed by atoms with van der Waals surface area (Å²) in [5, 5.41) is 13.0.